The molecule has 5 rings (SSSR count). The van der Waals surface area contributed by atoms with E-state index in [4.69, 9.17) is 9.16 Å². The van der Waals surface area contributed by atoms with E-state index in [2.05, 4.69) is 99.6 Å². The molecule has 3 aromatic carbocycles. The largest absolute Gasteiger partial charge is 0.404 e. The second-order valence-corrected chi connectivity index (χ2v) is 16.4. The van der Waals surface area contributed by atoms with E-state index in [1.54, 1.807) is 0 Å². The molecule has 2 fully saturated rings. The average Bonchev–Trinajstić information content (AvgIpc) is 3.45. The van der Waals surface area contributed by atoms with Crippen LogP contribution in [0.4, 0.5) is 0 Å². The minimum atomic E-state index is -2.75. The Kier molecular flexibility index (Phi) is 8.55. The Bertz CT molecular complexity index is 1170. The molecule has 1 saturated carbocycles. The molecule has 6 atom stereocenters. The summed E-state index contributed by atoms with van der Waals surface area (Å²) in [7, 11) is -2.75. The zero-order chi connectivity index (χ0) is 27.5. The smallest absolute Gasteiger partial charge is 0.261 e. The second kappa shape index (κ2) is 11.9. The summed E-state index contributed by atoms with van der Waals surface area (Å²) in [6.45, 7) is 6.90. The molecule has 0 bridgehead atoms. The third-order valence-corrected chi connectivity index (χ3v) is 13.6. The Morgan fingerprint density at radius 3 is 2.03 bits per heavy atom. The molecule has 0 aromatic heterocycles. The highest BCUT2D eigenvalue weighted by molar-refractivity contribution is 6.99. The van der Waals surface area contributed by atoms with Gasteiger partial charge in [0.05, 0.1) is 18.3 Å². The average molecular weight is 543 g/mol. The summed E-state index contributed by atoms with van der Waals surface area (Å²) >= 11 is 0. The van der Waals surface area contributed by atoms with E-state index < -0.39 is 20.7 Å². The van der Waals surface area contributed by atoms with Crippen LogP contribution < -0.4 is 10.4 Å². The van der Waals surface area contributed by atoms with Crippen LogP contribution in [0, 0.1) is 11.8 Å². The topological polar surface area (TPSA) is 58.9 Å². The zero-order valence-electron chi connectivity index (χ0n) is 23.3. The van der Waals surface area contributed by atoms with Crippen LogP contribution in [0.2, 0.25) is 5.04 Å². The first kappa shape index (κ1) is 28.0. The Morgan fingerprint density at radius 2 is 1.46 bits per heavy atom. The molecule has 1 saturated heterocycles. The van der Waals surface area contributed by atoms with E-state index >= 15 is 0 Å². The van der Waals surface area contributed by atoms with Gasteiger partial charge >= 0.3 is 0 Å². The Labute approximate surface area is 234 Å². The lowest BCUT2D eigenvalue weighted by molar-refractivity contribution is -0.0944. The van der Waals surface area contributed by atoms with Crippen molar-refractivity contribution in [3.8, 4) is 0 Å². The van der Waals surface area contributed by atoms with Crippen LogP contribution in [0.25, 0.3) is 0 Å². The molecule has 5 heteroatoms. The van der Waals surface area contributed by atoms with Crippen molar-refractivity contribution in [3.63, 3.8) is 0 Å². The van der Waals surface area contributed by atoms with Crippen LogP contribution in [-0.2, 0) is 15.6 Å². The Hall–Kier alpha value is -2.54. The fraction of sp³-hybridized carbons (Fsp3) is 0.412. The third kappa shape index (κ3) is 5.98. The number of aryl methyl sites for hydroxylation is 1. The standard InChI is InChI=1S/C34H42O4Si/c1-34(2,3)39(27-15-9-5-10-16-27,28-17-11-6-12-18-28)38-32-24-31-30(23-33(36)37-31)29(32)22-21-26(35)20-19-25-13-7-4-8-14-25/h4-18,21-22,26,29-33,35-36H,19-20,23-24H2,1-3H3/t26?,29-,30-,31+,32-,33?/m1/s1. The van der Waals surface area contributed by atoms with E-state index in [-0.39, 0.29) is 29.1 Å². The molecule has 1 aliphatic heterocycles. The lowest BCUT2D eigenvalue weighted by Gasteiger charge is -2.45. The van der Waals surface area contributed by atoms with E-state index in [1.807, 2.05) is 24.3 Å². The van der Waals surface area contributed by atoms with Crippen molar-refractivity contribution in [2.24, 2.45) is 11.8 Å². The third-order valence-electron chi connectivity index (χ3n) is 8.54. The molecule has 0 amide bonds. The van der Waals surface area contributed by atoms with Gasteiger partial charge in [-0.05, 0) is 46.2 Å². The summed E-state index contributed by atoms with van der Waals surface area (Å²) in [4.78, 5) is 0. The number of rotatable bonds is 9. The van der Waals surface area contributed by atoms with E-state index in [1.165, 1.54) is 15.9 Å². The van der Waals surface area contributed by atoms with Gasteiger partial charge in [-0.15, -0.1) is 0 Å². The minimum Gasteiger partial charge on any atom is -0.404 e. The van der Waals surface area contributed by atoms with Crippen LogP contribution in [0.1, 0.15) is 45.6 Å². The van der Waals surface area contributed by atoms with E-state index in [9.17, 15) is 10.2 Å². The van der Waals surface area contributed by atoms with Crippen LogP contribution in [-0.4, -0.2) is 43.1 Å². The number of aliphatic hydroxyl groups excluding tert-OH is 2. The molecule has 206 valence electrons. The molecule has 0 spiro atoms. The van der Waals surface area contributed by atoms with Crippen LogP contribution in [0.15, 0.2) is 103 Å². The van der Waals surface area contributed by atoms with Gasteiger partial charge in [-0.2, -0.15) is 0 Å². The van der Waals surface area contributed by atoms with E-state index in [0.717, 1.165) is 12.8 Å². The Morgan fingerprint density at radius 1 is 0.897 bits per heavy atom. The van der Waals surface area contributed by atoms with Gasteiger partial charge in [0.1, 0.15) is 0 Å². The molecule has 2 N–H and O–H groups in total. The molecule has 1 aliphatic carbocycles. The molecule has 2 aliphatic rings. The van der Waals surface area contributed by atoms with Gasteiger partial charge in [0.25, 0.3) is 8.32 Å². The normalized spacial score (nSPS) is 26.1. The number of aliphatic hydroxyl groups is 2. The minimum absolute atomic E-state index is 0.0423. The molecular weight excluding hydrogens is 500 g/mol. The summed E-state index contributed by atoms with van der Waals surface area (Å²) in [6.07, 6.45) is 5.55. The number of ether oxygens (including phenoxy) is 1. The molecular formula is C34H42O4Si. The van der Waals surface area contributed by atoms with Crippen molar-refractivity contribution < 1.29 is 19.4 Å². The Balaban J connectivity index is 1.46. The first-order valence-corrected chi connectivity index (χ1v) is 16.2. The van der Waals surface area contributed by atoms with Crippen molar-refractivity contribution in [1.82, 2.24) is 0 Å². The number of fused-ring (bicyclic) bond motifs is 1. The zero-order valence-corrected chi connectivity index (χ0v) is 24.3. The van der Waals surface area contributed by atoms with Gasteiger partial charge in [0, 0.05) is 12.3 Å². The molecule has 0 radical (unpaired) electrons. The number of hydrogen-bond donors (Lipinski definition) is 2. The van der Waals surface area contributed by atoms with Crippen molar-refractivity contribution >= 4 is 18.7 Å². The monoisotopic (exact) mass is 542 g/mol. The van der Waals surface area contributed by atoms with Gasteiger partial charge in [-0.25, -0.2) is 0 Å². The lowest BCUT2D eigenvalue weighted by Crippen LogP contribution is -2.68. The van der Waals surface area contributed by atoms with Gasteiger partial charge in [0.15, 0.2) is 6.29 Å². The number of hydrogen-bond acceptors (Lipinski definition) is 4. The summed E-state index contributed by atoms with van der Waals surface area (Å²) in [5.41, 5.74) is 1.23. The predicted molar refractivity (Wildman–Crippen MR) is 159 cm³/mol. The summed E-state index contributed by atoms with van der Waals surface area (Å²) in [6, 6.07) is 31.7. The summed E-state index contributed by atoms with van der Waals surface area (Å²) in [5.74, 6) is 0.223. The van der Waals surface area contributed by atoms with Crippen molar-refractivity contribution in [2.75, 3.05) is 0 Å². The second-order valence-electron chi connectivity index (χ2n) is 12.1. The maximum absolute atomic E-state index is 10.9. The fourth-order valence-electron chi connectivity index (χ4n) is 6.66. The first-order chi connectivity index (χ1) is 18.8. The van der Waals surface area contributed by atoms with Crippen LogP contribution >= 0.6 is 0 Å². The molecule has 1 heterocycles. The molecule has 3 aromatic rings. The first-order valence-electron chi connectivity index (χ1n) is 14.3. The number of benzene rings is 3. The summed E-state index contributed by atoms with van der Waals surface area (Å²) < 4.78 is 13.5. The van der Waals surface area contributed by atoms with Crippen LogP contribution in [0.5, 0.6) is 0 Å². The molecule has 39 heavy (non-hydrogen) atoms. The van der Waals surface area contributed by atoms with Crippen LogP contribution in [0.3, 0.4) is 0 Å². The van der Waals surface area contributed by atoms with Gasteiger partial charge in [0.2, 0.25) is 0 Å². The van der Waals surface area contributed by atoms with Crippen molar-refractivity contribution in [2.45, 2.75) is 76.1 Å². The predicted octanol–water partition coefficient (Wildman–Crippen LogP) is 5.22. The van der Waals surface area contributed by atoms with Gasteiger partial charge in [-0.1, -0.05) is 124 Å². The highest BCUT2D eigenvalue weighted by Crippen LogP contribution is 2.48. The maximum atomic E-state index is 10.9. The van der Waals surface area contributed by atoms with Crippen molar-refractivity contribution in [3.05, 3.63) is 109 Å². The maximum Gasteiger partial charge on any atom is 0.261 e. The lowest BCUT2D eigenvalue weighted by atomic mass is 9.91. The SMILES string of the molecule is CC(C)(C)[Si](O[C@@H]1C[C@@H]2OC(O)C[C@@H]2[C@H]1C=CC(O)CCc1ccccc1)(c1ccccc1)c1ccccc1. The van der Waals surface area contributed by atoms with Crippen molar-refractivity contribution in [1.29, 1.82) is 0 Å². The molecule has 4 nitrogen and oxygen atoms in total. The van der Waals surface area contributed by atoms with Gasteiger partial charge < -0.3 is 19.4 Å². The quantitative estimate of drug-likeness (QED) is 0.287. The van der Waals surface area contributed by atoms with Gasteiger partial charge in [-0.3, -0.25) is 0 Å². The summed E-state index contributed by atoms with van der Waals surface area (Å²) in [5, 5.41) is 23.6. The fourth-order valence-corrected chi connectivity index (χ4v) is 11.4. The molecule has 2 unspecified atom stereocenters. The van der Waals surface area contributed by atoms with E-state index in [0.29, 0.717) is 12.8 Å². The highest BCUT2D eigenvalue weighted by atomic mass is 28.4. The highest BCUT2D eigenvalue weighted by Gasteiger charge is 2.56.